The summed E-state index contributed by atoms with van der Waals surface area (Å²) in [6.07, 6.45) is 1.52. The molecule has 33 heavy (non-hydrogen) atoms. The number of amides is 2. The molecular formula is C24H19ClN4O4. The lowest BCUT2D eigenvalue weighted by Crippen LogP contribution is -2.33. The molecule has 8 nitrogen and oxygen atoms in total. The normalized spacial score (nSPS) is 10.6. The zero-order valence-corrected chi connectivity index (χ0v) is 18.1. The number of benzene rings is 2. The Morgan fingerprint density at radius 1 is 1.00 bits per heavy atom. The Morgan fingerprint density at radius 3 is 2.55 bits per heavy atom. The third kappa shape index (κ3) is 5.55. The molecule has 9 heteroatoms. The van der Waals surface area contributed by atoms with E-state index in [0.717, 1.165) is 11.1 Å². The molecule has 0 aliphatic heterocycles. The molecule has 0 saturated carbocycles. The van der Waals surface area contributed by atoms with Gasteiger partial charge in [-0.25, -0.2) is 0 Å². The predicted octanol–water partition coefficient (Wildman–Crippen LogP) is 3.57. The van der Waals surface area contributed by atoms with E-state index in [1.807, 2.05) is 42.5 Å². The zero-order chi connectivity index (χ0) is 23.2. The van der Waals surface area contributed by atoms with Crippen molar-refractivity contribution in [2.24, 2.45) is 0 Å². The van der Waals surface area contributed by atoms with Crippen molar-refractivity contribution in [3.63, 3.8) is 0 Å². The van der Waals surface area contributed by atoms with Crippen molar-refractivity contribution >= 4 is 29.1 Å². The van der Waals surface area contributed by atoms with E-state index in [2.05, 4.69) is 15.8 Å². The van der Waals surface area contributed by atoms with Gasteiger partial charge in [0.05, 0.1) is 18.8 Å². The van der Waals surface area contributed by atoms with Crippen LogP contribution >= 0.6 is 11.6 Å². The van der Waals surface area contributed by atoms with Crippen molar-refractivity contribution in [3.05, 3.63) is 106 Å². The Kier molecular flexibility index (Phi) is 6.66. The van der Waals surface area contributed by atoms with E-state index < -0.39 is 11.8 Å². The van der Waals surface area contributed by atoms with Crippen LogP contribution in [0.1, 0.15) is 16.1 Å². The van der Waals surface area contributed by atoms with Crippen LogP contribution in [0.15, 0.2) is 88.3 Å². The minimum Gasteiger partial charge on any atom is -0.355 e. The van der Waals surface area contributed by atoms with Crippen molar-refractivity contribution in [2.45, 2.75) is 6.54 Å². The summed E-state index contributed by atoms with van der Waals surface area (Å²) in [6.45, 7) is -0.0230. The standard InChI is InChI=1S/C24H19ClN4O4/c25-19-9-5-4-8-17(19)14-29-15-18(10-11-23(29)31)27-22(30)13-26-24(32)20-12-21(33-28-20)16-6-2-1-3-7-16/h1-12,15H,13-14H2,(H,26,32)(H,27,30). The highest BCUT2D eigenvalue weighted by Gasteiger charge is 2.15. The molecule has 0 spiro atoms. The fourth-order valence-corrected chi connectivity index (χ4v) is 3.31. The quantitative estimate of drug-likeness (QED) is 0.436. The number of carbonyl (C=O) groups excluding carboxylic acids is 2. The Labute approximate surface area is 193 Å². The van der Waals surface area contributed by atoms with Crippen LogP contribution in [0.25, 0.3) is 11.3 Å². The summed E-state index contributed by atoms with van der Waals surface area (Å²) in [5, 5.41) is 9.46. The largest absolute Gasteiger partial charge is 0.355 e. The summed E-state index contributed by atoms with van der Waals surface area (Å²) in [5.74, 6) is -0.552. The van der Waals surface area contributed by atoms with Gasteiger partial charge in [0.25, 0.3) is 11.5 Å². The second-order valence-electron chi connectivity index (χ2n) is 7.15. The number of pyridine rings is 1. The summed E-state index contributed by atoms with van der Waals surface area (Å²) >= 11 is 6.17. The molecule has 0 fully saturated rings. The average Bonchev–Trinajstić information content (AvgIpc) is 3.32. The van der Waals surface area contributed by atoms with Gasteiger partial charge in [-0.05, 0) is 17.7 Å². The van der Waals surface area contributed by atoms with Gasteiger partial charge >= 0.3 is 0 Å². The van der Waals surface area contributed by atoms with Crippen molar-refractivity contribution in [3.8, 4) is 11.3 Å². The second kappa shape index (κ2) is 9.97. The van der Waals surface area contributed by atoms with Crippen LogP contribution in [0.2, 0.25) is 5.02 Å². The summed E-state index contributed by atoms with van der Waals surface area (Å²) in [6, 6.07) is 20.8. The lowest BCUT2D eigenvalue weighted by Gasteiger charge is -2.11. The maximum absolute atomic E-state index is 12.3. The van der Waals surface area contributed by atoms with E-state index in [0.29, 0.717) is 16.5 Å². The first-order valence-electron chi connectivity index (χ1n) is 10.0. The van der Waals surface area contributed by atoms with Gasteiger partial charge in [-0.15, -0.1) is 0 Å². The van der Waals surface area contributed by atoms with Gasteiger partial charge in [0.15, 0.2) is 11.5 Å². The molecule has 0 bridgehead atoms. The number of rotatable bonds is 7. The van der Waals surface area contributed by atoms with Gasteiger partial charge in [-0.1, -0.05) is 65.3 Å². The fourth-order valence-electron chi connectivity index (χ4n) is 3.12. The number of aromatic nitrogens is 2. The van der Waals surface area contributed by atoms with E-state index in [1.54, 1.807) is 12.1 Å². The Bertz CT molecular complexity index is 1350. The minimum absolute atomic E-state index is 0.0648. The van der Waals surface area contributed by atoms with Gasteiger partial charge in [0.1, 0.15) is 0 Å². The first-order chi connectivity index (χ1) is 16.0. The van der Waals surface area contributed by atoms with E-state index in [9.17, 15) is 14.4 Å². The maximum Gasteiger partial charge on any atom is 0.273 e. The van der Waals surface area contributed by atoms with E-state index in [-0.39, 0.29) is 24.3 Å². The third-order valence-corrected chi connectivity index (χ3v) is 5.15. The van der Waals surface area contributed by atoms with Crippen LogP contribution in [0.5, 0.6) is 0 Å². The molecule has 0 radical (unpaired) electrons. The van der Waals surface area contributed by atoms with Crippen molar-refractivity contribution < 1.29 is 14.1 Å². The topological polar surface area (TPSA) is 106 Å². The molecule has 166 valence electrons. The van der Waals surface area contributed by atoms with Gasteiger partial charge in [-0.2, -0.15) is 0 Å². The number of carbonyl (C=O) groups is 2. The van der Waals surface area contributed by atoms with Crippen LogP contribution in [0, 0.1) is 0 Å². The Balaban J connectivity index is 1.35. The Hall–Kier alpha value is -4.17. The van der Waals surface area contributed by atoms with Gasteiger partial charge in [-0.3, -0.25) is 14.4 Å². The fraction of sp³-hybridized carbons (Fsp3) is 0.0833. The molecule has 2 aromatic carbocycles. The highest BCUT2D eigenvalue weighted by Crippen LogP contribution is 2.19. The van der Waals surface area contributed by atoms with Crippen molar-refractivity contribution in [1.82, 2.24) is 15.0 Å². The molecule has 2 amide bonds. The van der Waals surface area contributed by atoms with Crippen molar-refractivity contribution in [1.29, 1.82) is 0 Å². The highest BCUT2D eigenvalue weighted by atomic mass is 35.5. The zero-order valence-electron chi connectivity index (χ0n) is 17.3. The minimum atomic E-state index is -0.542. The molecule has 2 N–H and O–H groups in total. The first kappa shape index (κ1) is 22.0. The number of hydrogen-bond donors (Lipinski definition) is 2. The molecule has 2 aromatic heterocycles. The smallest absolute Gasteiger partial charge is 0.273 e. The number of hydrogen-bond acceptors (Lipinski definition) is 5. The predicted molar refractivity (Wildman–Crippen MR) is 124 cm³/mol. The number of nitrogens with zero attached hydrogens (tertiary/aromatic N) is 2. The summed E-state index contributed by atoms with van der Waals surface area (Å²) in [7, 11) is 0. The van der Waals surface area contributed by atoms with Crippen LogP contribution in [-0.2, 0) is 11.3 Å². The number of halogens is 1. The molecule has 0 aliphatic rings. The number of anilines is 1. The monoisotopic (exact) mass is 462 g/mol. The lowest BCUT2D eigenvalue weighted by atomic mass is 10.1. The maximum atomic E-state index is 12.3. The van der Waals surface area contributed by atoms with Crippen molar-refractivity contribution in [2.75, 3.05) is 11.9 Å². The van der Waals surface area contributed by atoms with Gasteiger partial charge in [0, 0.05) is 28.9 Å². The van der Waals surface area contributed by atoms with E-state index in [1.165, 1.54) is 29.0 Å². The second-order valence-corrected chi connectivity index (χ2v) is 7.56. The van der Waals surface area contributed by atoms with Gasteiger partial charge in [0.2, 0.25) is 5.91 Å². The Morgan fingerprint density at radius 2 is 1.76 bits per heavy atom. The molecule has 0 saturated heterocycles. The summed E-state index contributed by atoms with van der Waals surface area (Å²) < 4.78 is 6.64. The first-order valence-corrected chi connectivity index (χ1v) is 10.4. The molecule has 0 unspecified atom stereocenters. The molecule has 0 atom stereocenters. The van der Waals surface area contributed by atoms with Gasteiger partial charge < -0.3 is 19.7 Å². The molecule has 0 aliphatic carbocycles. The molecule has 2 heterocycles. The molecular weight excluding hydrogens is 444 g/mol. The van der Waals surface area contributed by atoms with E-state index >= 15 is 0 Å². The summed E-state index contributed by atoms with van der Waals surface area (Å²) in [4.78, 5) is 36.8. The van der Waals surface area contributed by atoms with Crippen LogP contribution in [0.3, 0.4) is 0 Å². The lowest BCUT2D eigenvalue weighted by molar-refractivity contribution is -0.115. The molecule has 4 rings (SSSR count). The third-order valence-electron chi connectivity index (χ3n) is 4.78. The SMILES string of the molecule is O=C(CNC(=O)c1cc(-c2ccccc2)on1)Nc1ccc(=O)n(Cc2ccccc2Cl)c1. The van der Waals surface area contributed by atoms with E-state index in [4.69, 9.17) is 16.1 Å². The molecule has 4 aromatic rings. The number of nitrogens with one attached hydrogen (secondary N) is 2. The highest BCUT2D eigenvalue weighted by molar-refractivity contribution is 6.31. The average molecular weight is 463 g/mol. The summed E-state index contributed by atoms with van der Waals surface area (Å²) in [5.41, 5.74) is 1.80. The van der Waals surface area contributed by atoms with Crippen LogP contribution in [0.4, 0.5) is 5.69 Å². The van der Waals surface area contributed by atoms with Crippen LogP contribution < -0.4 is 16.2 Å². The van der Waals surface area contributed by atoms with Crippen LogP contribution in [-0.4, -0.2) is 28.1 Å².